The van der Waals surface area contributed by atoms with Gasteiger partial charge in [0.05, 0.1) is 0 Å². The van der Waals surface area contributed by atoms with Crippen LogP contribution in [0.4, 0.5) is 23.1 Å². The van der Waals surface area contributed by atoms with Crippen molar-refractivity contribution >= 4 is 28.9 Å². The van der Waals surface area contributed by atoms with E-state index in [1.807, 2.05) is 18.2 Å². The first-order chi connectivity index (χ1) is 14.1. The highest BCUT2D eigenvalue weighted by Crippen LogP contribution is 2.21. The van der Waals surface area contributed by atoms with Crippen LogP contribution >= 0.6 is 0 Å². The number of ketones is 1. The minimum absolute atomic E-state index is 0.0552. The number of nitrogens with one attached hydrogen (secondary N) is 1. The van der Waals surface area contributed by atoms with Gasteiger partial charge in [-0.3, -0.25) is 4.79 Å². The Morgan fingerprint density at radius 1 is 0.966 bits per heavy atom. The van der Waals surface area contributed by atoms with Crippen molar-refractivity contribution in [2.24, 2.45) is 0 Å². The number of carbonyl (C=O) groups excluding carboxylic acids is 1. The molecule has 0 radical (unpaired) electrons. The number of aromatic nitrogens is 2. The Morgan fingerprint density at radius 2 is 1.69 bits per heavy atom. The molecule has 0 saturated carbocycles. The number of anilines is 4. The lowest BCUT2D eigenvalue weighted by atomic mass is 10.1. The molecule has 1 aliphatic rings. The van der Waals surface area contributed by atoms with Gasteiger partial charge in [-0.15, -0.1) is 0 Å². The Labute approximate surface area is 171 Å². The van der Waals surface area contributed by atoms with Crippen LogP contribution in [0, 0.1) is 6.92 Å². The summed E-state index contributed by atoms with van der Waals surface area (Å²) in [6.45, 7) is 7.44. The predicted molar refractivity (Wildman–Crippen MR) is 117 cm³/mol. The molecule has 1 aliphatic heterocycles. The number of piperazine rings is 1. The van der Waals surface area contributed by atoms with Gasteiger partial charge in [0.1, 0.15) is 5.82 Å². The Balaban J connectivity index is 1.41. The van der Waals surface area contributed by atoms with Gasteiger partial charge in [0.25, 0.3) is 0 Å². The van der Waals surface area contributed by atoms with Crippen LogP contribution in [0.25, 0.3) is 0 Å². The Hall–Kier alpha value is -3.41. The summed E-state index contributed by atoms with van der Waals surface area (Å²) in [4.78, 5) is 25.1. The van der Waals surface area contributed by atoms with Crippen molar-refractivity contribution < 1.29 is 4.79 Å². The molecule has 3 aromatic rings. The van der Waals surface area contributed by atoms with Crippen molar-refractivity contribution in [3.63, 3.8) is 0 Å². The summed E-state index contributed by atoms with van der Waals surface area (Å²) >= 11 is 0. The molecule has 0 aliphatic carbocycles. The fraction of sp³-hybridized carbons (Fsp3) is 0.261. The van der Waals surface area contributed by atoms with E-state index in [-0.39, 0.29) is 5.78 Å². The number of hydrogen-bond acceptors (Lipinski definition) is 6. The summed E-state index contributed by atoms with van der Waals surface area (Å²) in [6, 6.07) is 17.9. The standard InChI is InChI=1S/C23H25N5O/c1-17-4-3-5-21(16-17)27-12-14-28(15-13-27)22-10-11-24-23(26-22)25-20-8-6-19(7-9-20)18(2)29/h3-11,16H,12-15H2,1-2H3,(H,24,25,26). The lowest BCUT2D eigenvalue weighted by Gasteiger charge is -2.36. The summed E-state index contributed by atoms with van der Waals surface area (Å²) in [5, 5.41) is 3.22. The zero-order valence-electron chi connectivity index (χ0n) is 16.8. The second-order valence-corrected chi connectivity index (χ2v) is 7.31. The molecular weight excluding hydrogens is 362 g/mol. The largest absolute Gasteiger partial charge is 0.368 e. The molecule has 0 spiro atoms. The number of benzene rings is 2. The molecule has 0 amide bonds. The first-order valence-electron chi connectivity index (χ1n) is 9.86. The highest BCUT2D eigenvalue weighted by atomic mass is 16.1. The maximum atomic E-state index is 11.4. The van der Waals surface area contributed by atoms with Crippen LogP contribution in [0.1, 0.15) is 22.8 Å². The topological polar surface area (TPSA) is 61.4 Å². The highest BCUT2D eigenvalue weighted by molar-refractivity contribution is 5.94. The summed E-state index contributed by atoms with van der Waals surface area (Å²) in [6.07, 6.45) is 1.78. The number of aryl methyl sites for hydroxylation is 1. The van der Waals surface area contributed by atoms with Crippen molar-refractivity contribution in [2.75, 3.05) is 41.3 Å². The Bertz CT molecular complexity index is 994. The van der Waals surface area contributed by atoms with Gasteiger partial charge in [0.15, 0.2) is 5.78 Å². The second kappa shape index (κ2) is 8.31. The van der Waals surface area contributed by atoms with E-state index in [4.69, 9.17) is 0 Å². The molecule has 1 saturated heterocycles. The number of nitrogens with zero attached hydrogens (tertiary/aromatic N) is 4. The molecule has 0 bridgehead atoms. The smallest absolute Gasteiger partial charge is 0.229 e. The van der Waals surface area contributed by atoms with Crippen LogP contribution in [-0.4, -0.2) is 41.9 Å². The van der Waals surface area contributed by atoms with Crippen molar-refractivity contribution in [3.05, 3.63) is 71.9 Å². The summed E-state index contributed by atoms with van der Waals surface area (Å²) in [5.74, 6) is 1.53. The maximum absolute atomic E-state index is 11.4. The van der Waals surface area contributed by atoms with Gasteiger partial charge in [0, 0.05) is 49.3 Å². The van der Waals surface area contributed by atoms with Crippen LogP contribution in [0.2, 0.25) is 0 Å². The third-order valence-corrected chi connectivity index (χ3v) is 5.16. The van der Waals surface area contributed by atoms with Gasteiger partial charge >= 0.3 is 0 Å². The molecule has 0 atom stereocenters. The van der Waals surface area contributed by atoms with Gasteiger partial charge in [-0.2, -0.15) is 4.98 Å². The van der Waals surface area contributed by atoms with Gasteiger partial charge < -0.3 is 15.1 Å². The Kier molecular flexibility index (Phi) is 5.42. The van der Waals surface area contributed by atoms with E-state index in [1.165, 1.54) is 11.3 Å². The van der Waals surface area contributed by atoms with E-state index in [9.17, 15) is 4.79 Å². The first-order valence-corrected chi connectivity index (χ1v) is 9.86. The van der Waals surface area contributed by atoms with Crippen molar-refractivity contribution in [3.8, 4) is 0 Å². The molecule has 6 nitrogen and oxygen atoms in total. The van der Waals surface area contributed by atoms with E-state index in [1.54, 1.807) is 25.3 Å². The molecule has 2 aromatic carbocycles. The molecule has 29 heavy (non-hydrogen) atoms. The summed E-state index contributed by atoms with van der Waals surface area (Å²) in [5.41, 5.74) is 4.12. The molecule has 1 aromatic heterocycles. The van der Waals surface area contributed by atoms with Gasteiger partial charge in [0.2, 0.25) is 5.95 Å². The third kappa shape index (κ3) is 4.54. The summed E-state index contributed by atoms with van der Waals surface area (Å²) < 4.78 is 0. The van der Waals surface area contributed by atoms with Crippen LogP contribution in [0.3, 0.4) is 0 Å². The van der Waals surface area contributed by atoms with Crippen LogP contribution in [0.5, 0.6) is 0 Å². The quantitative estimate of drug-likeness (QED) is 0.666. The van der Waals surface area contributed by atoms with Crippen molar-refractivity contribution in [1.29, 1.82) is 0 Å². The van der Waals surface area contributed by atoms with E-state index >= 15 is 0 Å². The van der Waals surface area contributed by atoms with Crippen LogP contribution in [-0.2, 0) is 0 Å². The molecular formula is C23H25N5O. The third-order valence-electron chi connectivity index (χ3n) is 5.16. The number of Topliss-reactive ketones (excluding diaryl/α,β-unsaturated/α-hetero) is 1. The molecule has 1 N–H and O–H groups in total. The average molecular weight is 387 g/mol. The minimum atomic E-state index is 0.0552. The molecule has 2 heterocycles. The fourth-order valence-electron chi connectivity index (χ4n) is 3.52. The molecule has 148 valence electrons. The molecule has 1 fully saturated rings. The Morgan fingerprint density at radius 3 is 2.38 bits per heavy atom. The number of rotatable bonds is 5. The normalized spacial score (nSPS) is 14.0. The fourth-order valence-corrected chi connectivity index (χ4v) is 3.52. The van der Waals surface area contributed by atoms with E-state index < -0.39 is 0 Å². The van der Waals surface area contributed by atoms with Gasteiger partial charge in [-0.1, -0.05) is 12.1 Å². The molecule has 6 heteroatoms. The van der Waals surface area contributed by atoms with Gasteiger partial charge in [-0.05, 0) is 61.9 Å². The minimum Gasteiger partial charge on any atom is -0.368 e. The van der Waals surface area contributed by atoms with Crippen molar-refractivity contribution in [1.82, 2.24) is 9.97 Å². The molecule has 4 rings (SSSR count). The van der Waals surface area contributed by atoms with Crippen LogP contribution in [0.15, 0.2) is 60.8 Å². The van der Waals surface area contributed by atoms with E-state index in [0.29, 0.717) is 11.5 Å². The van der Waals surface area contributed by atoms with Gasteiger partial charge in [-0.25, -0.2) is 4.98 Å². The van der Waals surface area contributed by atoms with Crippen molar-refractivity contribution in [2.45, 2.75) is 13.8 Å². The zero-order valence-corrected chi connectivity index (χ0v) is 16.8. The molecule has 0 unspecified atom stereocenters. The lowest BCUT2D eigenvalue weighted by molar-refractivity contribution is 0.101. The predicted octanol–water partition coefficient (Wildman–Crippen LogP) is 4.06. The first kappa shape index (κ1) is 18.9. The maximum Gasteiger partial charge on any atom is 0.229 e. The van der Waals surface area contributed by atoms with E-state index in [2.05, 4.69) is 56.3 Å². The number of hydrogen-bond donors (Lipinski definition) is 1. The SMILES string of the molecule is CC(=O)c1ccc(Nc2nccc(N3CCN(c4cccc(C)c4)CC3)n2)cc1. The second-order valence-electron chi connectivity index (χ2n) is 7.31. The zero-order chi connectivity index (χ0) is 20.2. The van der Waals surface area contributed by atoms with E-state index in [0.717, 1.165) is 37.7 Å². The highest BCUT2D eigenvalue weighted by Gasteiger charge is 2.19. The van der Waals surface area contributed by atoms with Crippen LogP contribution < -0.4 is 15.1 Å². The summed E-state index contributed by atoms with van der Waals surface area (Å²) in [7, 11) is 0. The lowest BCUT2D eigenvalue weighted by Crippen LogP contribution is -2.46. The monoisotopic (exact) mass is 387 g/mol. The number of carbonyl (C=O) groups is 1. The average Bonchev–Trinajstić information content (AvgIpc) is 2.74.